The number of aliphatic hydroxyl groups is 3. The van der Waals surface area contributed by atoms with Crippen LogP contribution in [0.15, 0.2) is 12.2 Å². The maximum absolute atomic E-state index is 9.93. The Hall–Kier alpha value is -0.460. The lowest BCUT2D eigenvalue weighted by Crippen LogP contribution is -2.40. The molecule has 0 aromatic heterocycles. The van der Waals surface area contributed by atoms with Gasteiger partial charge >= 0.3 is 0 Å². The predicted octanol–water partition coefficient (Wildman–Crippen LogP) is 3.74. The lowest BCUT2D eigenvalue weighted by atomic mass is 10.1. The van der Waals surface area contributed by atoms with E-state index in [1.165, 1.54) is 64.2 Å². The second-order valence-corrected chi connectivity index (χ2v) is 7.74. The van der Waals surface area contributed by atoms with Crippen LogP contribution >= 0.6 is 0 Å². The molecule has 5 heteroatoms. The van der Waals surface area contributed by atoms with E-state index < -0.39 is 24.4 Å². The van der Waals surface area contributed by atoms with Crippen molar-refractivity contribution in [2.45, 2.75) is 108 Å². The van der Waals surface area contributed by atoms with Gasteiger partial charge in [-0.25, -0.2) is 0 Å². The summed E-state index contributed by atoms with van der Waals surface area (Å²) in [6.45, 7) is 2.92. The van der Waals surface area contributed by atoms with Crippen LogP contribution in [0.25, 0.3) is 0 Å². The summed E-state index contributed by atoms with van der Waals surface area (Å²) in [6.07, 6.45) is 16.3. The maximum atomic E-state index is 9.93. The first kappa shape index (κ1) is 24.6. The average molecular weight is 387 g/mol. The summed E-state index contributed by atoms with van der Waals surface area (Å²) >= 11 is 0. The second kappa shape index (κ2) is 16.5. The molecule has 0 aliphatic carbocycles. The lowest BCUT2D eigenvalue weighted by molar-refractivity contribution is -0.0813. The molecule has 27 heavy (non-hydrogen) atoms. The highest BCUT2D eigenvalue weighted by atomic mass is 16.5. The van der Waals surface area contributed by atoms with Gasteiger partial charge in [-0.3, -0.25) is 0 Å². The number of rotatable bonds is 17. The van der Waals surface area contributed by atoms with E-state index >= 15 is 0 Å². The highest BCUT2D eigenvalue weighted by molar-refractivity contribution is 4.87. The van der Waals surface area contributed by atoms with Crippen molar-refractivity contribution in [1.82, 2.24) is 0 Å². The molecule has 1 saturated heterocycles. The molecule has 0 unspecified atom stereocenters. The van der Waals surface area contributed by atoms with Crippen LogP contribution in [0.2, 0.25) is 0 Å². The van der Waals surface area contributed by atoms with Crippen LogP contribution in [0.5, 0.6) is 0 Å². The van der Waals surface area contributed by atoms with Crippen molar-refractivity contribution in [3.63, 3.8) is 0 Å². The molecule has 160 valence electrons. The first-order chi connectivity index (χ1) is 13.2. The largest absolute Gasteiger partial charge is 0.388 e. The summed E-state index contributed by atoms with van der Waals surface area (Å²) < 4.78 is 10.7. The van der Waals surface area contributed by atoms with E-state index in [1.807, 2.05) is 0 Å². The van der Waals surface area contributed by atoms with Gasteiger partial charge in [0.2, 0.25) is 0 Å². The first-order valence-corrected chi connectivity index (χ1v) is 11.0. The molecular formula is C22H42O5. The maximum Gasteiger partial charge on any atom is 0.114 e. The van der Waals surface area contributed by atoms with Gasteiger partial charge in [-0.05, 0) is 26.2 Å². The molecule has 0 spiro atoms. The minimum Gasteiger partial charge on any atom is -0.388 e. The zero-order valence-corrected chi connectivity index (χ0v) is 17.2. The van der Waals surface area contributed by atoms with Crippen LogP contribution in [-0.2, 0) is 9.47 Å². The smallest absolute Gasteiger partial charge is 0.114 e. The van der Waals surface area contributed by atoms with Gasteiger partial charge in [-0.2, -0.15) is 0 Å². The SMILES string of the molecule is C/C=C/CCCCCCCCCCCCCOC[C@@H](O)[C@@H]1OC[C@H](O)[C@@H]1O. The fraction of sp³-hybridized carbons (Fsp3) is 0.909. The summed E-state index contributed by atoms with van der Waals surface area (Å²) in [5.41, 5.74) is 0. The van der Waals surface area contributed by atoms with Crippen LogP contribution < -0.4 is 0 Å². The highest BCUT2D eigenvalue weighted by Gasteiger charge is 2.39. The van der Waals surface area contributed by atoms with E-state index in [0.717, 1.165) is 12.8 Å². The van der Waals surface area contributed by atoms with Crippen LogP contribution in [0, 0.1) is 0 Å². The number of unbranched alkanes of at least 4 members (excludes halogenated alkanes) is 11. The van der Waals surface area contributed by atoms with Gasteiger partial charge in [0.1, 0.15) is 24.4 Å². The van der Waals surface area contributed by atoms with Gasteiger partial charge in [-0.1, -0.05) is 69.9 Å². The minimum absolute atomic E-state index is 0.0689. The zero-order chi connectivity index (χ0) is 19.7. The zero-order valence-electron chi connectivity index (χ0n) is 17.2. The third-order valence-corrected chi connectivity index (χ3v) is 5.25. The number of hydrogen-bond donors (Lipinski definition) is 3. The molecule has 1 aliphatic rings. The standard InChI is InChI=1S/C22H42O5/c1-2-3-4-5-6-7-8-9-10-11-12-13-14-15-16-26-17-20(24)22-21(25)19(23)18-27-22/h2-3,19-25H,4-18H2,1H3/b3-2+/t19-,20+,21-,22-/m0/s1. The molecule has 0 aromatic carbocycles. The molecule has 1 aliphatic heterocycles. The first-order valence-electron chi connectivity index (χ1n) is 11.0. The van der Waals surface area contributed by atoms with Crippen LogP contribution in [0.4, 0.5) is 0 Å². The summed E-state index contributed by atoms with van der Waals surface area (Å²) in [5.74, 6) is 0. The monoisotopic (exact) mass is 386 g/mol. The molecule has 0 amide bonds. The van der Waals surface area contributed by atoms with Crippen molar-refractivity contribution in [2.75, 3.05) is 19.8 Å². The average Bonchev–Trinajstić information content (AvgIpc) is 3.00. The van der Waals surface area contributed by atoms with Crippen molar-refractivity contribution in [2.24, 2.45) is 0 Å². The molecule has 1 rings (SSSR count). The highest BCUT2D eigenvalue weighted by Crippen LogP contribution is 2.18. The molecule has 0 radical (unpaired) electrons. The number of allylic oxidation sites excluding steroid dienone is 2. The van der Waals surface area contributed by atoms with Crippen molar-refractivity contribution in [3.05, 3.63) is 12.2 Å². The van der Waals surface area contributed by atoms with Crippen molar-refractivity contribution >= 4 is 0 Å². The Bertz CT molecular complexity index is 361. The Labute approximate surface area is 165 Å². The summed E-state index contributed by atoms with van der Waals surface area (Å²) in [7, 11) is 0. The van der Waals surface area contributed by atoms with Gasteiger partial charge in [0, 0.05) is 6.61 Å². The topological polar surface area (TPSA) is 79.2 Å². The van der Waals surface area contributed by atoms with Gasteiger partial charge in [0.25, 0.3) is 0 Å². The number of hydrogen-bond acceptors (Lipinski definition) is 5. The van der Waals surface area contributed by atoms with Gasteiger partial charge < -0.3 is 24.8 Å². The Morgan fingerprint density at radius 3 is 2.00 bits per heavy atom. The number of ether oxygens (including phenoxy) is 2. The van der Waals surface area contributed by atoms with E-state index in [-0.39, 0.29) is 13.2 Å². The van der Waals surface area contributed by atoms with Gasteiger partial charge in [0.15, 0.2) is 0 Å². The summed E-state index contributed by atoms with van der Waals surface area (Å²) in [5, 5.41) is 29.0. The van der Waals surface area contributed by atoms with Crippen LogP contribution in [-0.4, -0.2) is 59.6 Å². The van der Waals surface area contributed by atoms with Gasteiger partial charge in [-0.15, -0.1) is 0 Å². The molecule has 0 bridgehead atoms. The minimum atomic E-state index is -1.03. The van der Waals surface area contributed by atoms with E-state index in [1.54, 1.807) is 0 Å². The molecule has 4 atom stereocenters. The van der Waals surface area contributed by atoms with E-state index in [0.29, 0.717) is 6.61 Å². The number of aliphatic hydroxyl groups excluding tert-OH is 3. The molecule has 0 aromatic rings. The van der Waals surface area contributed by atoms with E-state index in [2.05, 4.69) is 19.1 Å². The van der Waals surface area contributed by atoms with E-state index in [4.69, 9.17) is 9.47 Å². The van der Waals surface area contributed by atoms with Crippen molar-refractivity contribution < 1.29 is 24.8 Å². The molecule has 1 fully saturated rings. The fourth-order valence-corrected chi connectivity index (χ4v) is 3.49. The van der Waals surface area contributed by atoms with E-state index in [9.17, 15) is 15.3 Å². The molecular weight excluding hydrogens is 344 g/mol. The summed E-state index contributed by atoms with van der Waals surface area (Å²) in [4.78, 5) is 0. The Morgan fingerprint density at radius 1 is 0.926 bits per heavy atom. The van der Waals surface area contributed by atoms with Crippen LogP contribution in [0.3, 0.4) is 0 Å². The second-order valence-electron chi connectivity index (χ2n) is 7.74. The van der Waals surface area contributed by atoms with Gasteiger partial charge in [0.05, 0.1) is 13.2 Å². The quantitative estimate of drug-likeness (QED) is 0.262. The normalized spacial score (nSPS) is 24.1. The Kier molecular flexibility index (Phi) is 15.0. The Morgan fingerprint density at radius 2 is 1.48 bits per heavy atom. The third-order valence-electron chi connectivity index (χ3n) is 5.25. The third kappa shape index (κ3) is 11.9. The molecule has 0 saturated carbocycles. The molecule has 3 N–H and O–H groups in total. The predicted molar refractivity (Wildman–Crippen MR) is 109 cm³/mol. The summed E-state index contributed by atoms with van der Waals surface area (Å²) in [6, 6.07) is 0. The lowest BCUT2D eigenvalue weighted by Gasteiger charge is -2.20. The Balaban J connectivity index is 1.78. The molecule has 1 heterocycles. The molecule has 5 nitrogen and oxygen atoms in total. The fourth-order valence-electron chi connectivity index (χ4n) is 3.49. The van der Waals surface area contributed by atoms with Crippen molar-refractivity contribution in [1.29, 1.82) is 0 Å². The van der Waals surface area contributed by atoms with Crippen LogP contribution in [0.1, 0.15) is 84.0 Å². The van der Waals surface area contributed by atoms with Crippen molar-refractivity contribution in [3.8, 4) is 0 Å².